The number of piperidine rings is 1. The number of sulfonamides is 1. The van der Waals surface area contributed by atoms with Gasteiger partial charge in [-0.1, -0.05) is 17.7 Å². The number of rotatable bonds is 4. The zero-order chi connectivity index (χ0) is 14.8. The Hall–Kier alpha value is -0.660. The maximum absolute atomic E-state index is 12.3. The Morgan fingerprint density at radius 2 is 2.25 bits per heavy atom. The van der Waals surface area contributed by atoms with E-state index in [1.807, 2.05) is 7.05 Å². The van der Waals surface area contributed by atoms with Crippen molar-refractivity contribution in [3.8, 4) is 0 Å². The van der Waals surface area contributed by atoms with E-state index in [1.165, 1.54) is 18.2 Å². The van der Waals surface area contributed by atoms with Gasteiger partial charge in [0.1, 0.15) is 0 Å². The van der Waals surface area contributed by atoms with Crippen molar-refractivity contribution in [1.29, 1.82) is 0 Å². The molecule has 1 unspecified atom stereocenters. The van der Waals surface area contributed by atoms with Gasteiger partial charge in [-0.05, 0) is 44.1 Å². The van der Waals surface area contributed by atoms with E-state index in [1.54, 1.807) is 0 Å². The lowest BCUT2D eigenvalue weighted by molar-refractivity contribution is 0.242. The van der Waals surface area contributed by atoms with Crippen LogP contribution in [0.5, 0.6) is 0 Å². The lowest BCUT2D eigenvalue weighted by Crippen LogP contribution is -2.46. The van der Waals surface area contributed by atoms with Crippen LogP contribution in [0, 0.1) is 0 Å². The monoisotopic (exact) mass is 318 g/mol. The number of likely N-dealkylation sites (N-methyl/N-ethyl adjacent to an activating group) is 1. The van der Waals surface area contributed by atoms with Crippen LogP contribution in [0.2, 0.25) is 5.02 Å². The van der Waals surface area contributed by atoms with E-state index in [0.29, 0.717) is 12.1 Å². The molecule has 1 aliphatic rings. The van der Waals surface area contributed by atoms with Crippen molar-refractivity contribution in [2.45, 2.75) is 30.4 Å². The molecule has 1 atom stereocenters. The molecule has 5 nitrogen and oxygen atoms in total. The standard InChI is InChI=1S/C13H19ClN2O3S/c1-16-6-2-3-11(8-16)15-20(18,19)12-5-4-10(9-17)13(14)7-12/h4-5,7,11,15,17H,2-3,6,8-9H2,1H3. The van der Waals surface area contributed by atoms with Crippen LogP contribution in [0.4, 0.5) is 0 Å². The van der Waals surface area contributed by atoms with Gasteiger partial charge in [-0.3, -0.25) is 0 Å². The van der Waals surface area contributed by atoms with Crippen LogP contribution in [0.25, 0.3) is 0 Å². The Kier molecular flexibility index (Phi) is 5.04. The zero-order valence-electron chi connectivity index (χ0n) is 11.3. The molecule has 0 amide bonds. The Bertz CT molecular complexity index is 577. The second-order valence-corrected chi connectivity index (χ2v) is 7.26. The van der Waals surface area contributed by atoms with E-state index in [-0.39, 0.29) is 22.6 Å². The predicted octanol–water partition coefficient (Wildman–Crippen LogP) is 1.20. The predicted molar refractivity (Wildman–Crippen MR) is 78.2 cm³/mol. The first-order valence-electron chi connectivity index (χ1n) is 6.52. The molecule has 0 spiro atoms. The van der Waals surface area contributed by atoms with E-state index in [0.717, 1.165) is 19.4 Å². The third-order valence-corrected chi connectivity index (χ3v) is 5.32. The van der Waals surface area contributed by atoms with Crippen molar-refractivity contribution >= 4 is 21.6 Å². The number of hydrogen-bond donors (Lipinski definition) is 2. The van der Waals surface area contributed by atoms with Crippen LogP contribution in [0.1, 0.15) is 18.4 Å². The molecule has 0 saturated carbocycles. The molecule has 20 heavy (non-hydrogen) atoms. The van der Waals surface area contributed by atoms with Gasteiger partial charge in [-0.15, -0.1) is 0 Å². The third-order valence-electron chi connectivity index (χ3n) is 3.45. The summed E-state index contributed by atoms with van der Waals surface area (Å²) in [5.74, 6) is 0. The van der Waals surface area contributed by atoms with Crippen molar-refractivity contribution in [1.82, 2.24) is 9.62 Å². The largest absolute Gasteiger partial charge is 0.392 e. The molecular formula is C13H19ClN2O3S. The molecule has 2 rings (SSSR count). The lowest BCUT2D eigenvalue weighted by Gasteiger charge is -2.30. The summed E-state index contributed by atoms with van der Waals surface area (Å²) in [6.07, 6.45) is 1.82. The molecule has 2 N–H and O–H groups in total. The molecule has 0 aromatic heterocycles. The SMILES string of the molecule is CN1CCCC(NS(=O)(=O)c2ccc(CO)c(Cl)c2)C1. The van der Waals surface area contributed by atoms with Crippen molar-refractivity contribution in [3.05, 3.63) is 28.8 Å². The first-order chi connectivity index (χ1) is 9.42. The van der Waals surface area contributed by atoms with Gasteiger partial charge in [0.25, 0.3) is 0 Å². The molecule has 0 bridgehead atoms. The summed E-state index contributed by atoms with van der Waals surface area (Å²) in [5, 5.41) is 9.31. The summed E-state index contributed by atoms with van der Waals surface area (Å²) in [4.78, 5) is 2.24. The topological polar surface area (TPSA) is 69.6 Å². The summed E-state index contributed by atoms with van der Waals surface area (Å²) < 4.78 is 27.3. The first-order valence-corrected chi connectivity index (χ1v) is 8.38. The van der Waals surface area contributed by atoms with Crippen LogP contribution >= 0.6 is 11.6 Å². The van der Waals surface area contributed by atoms with E-state index in [2.05, 4.69) is 9.62 Å². The second-order valence-electron chi connectivity index (χ2n) is 5.13. The van der Waals surface area contributed by atoms with E-state index < -0.39 is 10.0 Å². The average molecular weight is 319 g/mol. The Morgan fingerprint density at radius 1 is 1.50 bits per heavy atom. The number of aliphatic hydroxyl groups is 1. The van der Waals surface area contributed by atoms with Gasteiger partial charge in [0.2, 0.25) is 10.0 Å². The summed E-state index contributed by atoms with van der Waals surface area (Å²) in [6, 6.07) is 4.30. The number of nitrogens with zero attached hydrogens (tertiary/aromatic N) is 1. The lowest BCUT2D eigenvalue weighted by atomic mass is 10.1. The van der Waals surface area contributed by atoms with Crippen LogP contribution in [-0.4, -0.2) is 44.6 Å². The summed E-state index contributed by atoms with van der Waals surface area (Å²) >= 11 is 5.94. The highest BCUT2D eigenvalue weighted by atomic mass is 35.5. The van der Waals surface area contributed by atoms with Crippen molar-refractivity contribution in [3.63, 3.8) is 0 Å². The van der Waals surface area contributed by atoms with Gasteiger partial charge in [0.05, 0.1) is 11.5 Å². The Morgan fingerprint density at radius 3 is 2.85 bits per heavy atom. The molecule has 1 heterocycles. The van der Waals surface area contributed by atoms with Gasteiger partial charge in [-0.25, -0.2) is 13.1 Å². The summed E-state index contributed by atoms with van der Waals surface area (Å²) in [5.41, 5.74) is 0.517. The van der Waals surface area contributed by atoms with E-state index in [4.69, 9.17) is 16.7 Å². The third kappa shape index (κ3) is 3.71. The fourth-order valence-corrected chi connectivity index (χ4v) is 3.97. The Labute approximate surface area is 124 Å². The second kappa shape index (κ2) is 6.41. The average Bonchev–Trinajstić information content (AvgIpc) is 2.38. The van der Waals surface area contributed by atoms with Crippen LogP contribution < -0.4 is 4.72 Å². The number of aliphatic hydroxyl groups excluding tert-OH is 1. The fourth-order valence-electron chi connectivity index (χ4n) is 2.37. The molecule has 1 saturated heterocycles. The number of halogens is 1. The number of nitrogens with one attached hydrogen (secondary N) is 1. The van der Waals surface area contributed by atoms with Crippen LogP contribution in [0.15, 0.2) is 23.1 Å². The minimum atomic E-state index is -3.57. The highest BCUT2D eigenvalue weighted by Crippen LogP contribution is 2.21. The van der Waals surface area contributed by atoms with Crippen molar-refractivity contribution in [2.24, 2.45) is 0 Å². The highest BCUT2D eigenvalue weighted by molar-refractivity contribution is 7.89. The summed E-state index contributed by atoms with van der Waals surface area (Å²) in [7, 11) is -1.59. The van der Waals surface area contributed by atoms with E-state index >= 15 is 0 Å². The summed E-state index contributed by atoms with van der Waals surface area (Å²) in [6.45, 7) is 1.50. The maximum Gasteiger partial charge on any atom is 0.240 e. The quantitative estimate of drug-likeness (QED) is 0.875. The molecule has 0 radical (unpaired) electrons. The smallest absolute Gasteiger partial charge is 0.240 e. The van der Waals surface area contributed by atoms with Gasteiger partial charge >= 0.3 is 0 Å². The minimum Gasteiger partial charge on any atom is -0.392 e. The van der Waals surface area contributed by atoms with E-state index in [9.17, 15) is 8.42 Å². The normalized spacial score (nSPS) is 21.1. The minimum absolute atomic E-state index is 0.0740. The van der Waals surface area contributed by atoms with Gasteiger partial charge in [0.15, 0.2) is 0 Å². The number of hydrogen-bond acceptors (Lipinski definition) is 4. The van der Waals surface area contributed by atoms with Crippen LogP contribution in [-0.2, 0) is 16.6 Å². The molecule has 1 aromatic carbocycles. The molecule has 1 aliphatic heterocycles. The molecule has 0 aliphatic carbocycles. The van der Waals surface area contributed by atoms with Gasteiger partial charge < -0.3 is 10.0 Å². The molecular weight excluding hydrogens is 300 g/mol. The van der Waals surface area contributed by atoms with Crippen molar-refractivity contribution in [2.75, 3.05) is 20.1 Å². The number of benzene rings is 1. The van der Waals surface area contributed by atoms with Gasteiger partial charge in [-0.2, -0.15) is 0 Å². The molecule has 1 fully saturated rings. The molecule has 7 heteroatoms. The zero-order valence-corrected chi connectivity index (χ0v) is 12.9. The molecule has 112 valence electrons. The van der Waals surface area contributed by atoms with Crippen molar-refractivity contribution < 1.29 is 13.5 Å². The molecule has 1 aromatic rings. The number of likely N-dealkylation sites (tertiary alicyclic amines) is 1. The fraction of sp³-hybridized carbons (Fsp3) is 0.538. The van der Waals surface area contributed by atoms with Crippen LogP contribution in [0.3, 0.4) is 0 Å². The first kappa shape index (κ1) is 15.7. The highest BCUT2D eigenvalue weighted by Gasteiger charge is 2.24. The van der Waals surface area contributed by atoms with Gasteiger partial charge in [0, 0.05) is 17.6 Å². The maximum atomic E-state index is 12.3. The Balaban J connectivity index is 2.15.